The minimum absolute atomic E-state index is 0.0971. The summed E-state index contributed by atoms with van der Waals surface area (Å²) in [6, 6.07) is 0. The zero-order valence-electron chi connectivity index (χ0n) is 11.5. The number of aromatic amines is 1. The van der Waals surface area contributed by atoms with E-state index in [-0.39, 0.29) is 10.9 Å². The molecular formula is C13H22N4OS. The topological polar surface area (TPSA) is 83.8 Å². The maximum Gasteiger partial charge on any atom is 0.233 e. The van der Waals surface area contributed by atoms with E-state index < -0.39 is 5.41 Å². The van der Waals surface area contributed by atoms with Crippen molar-refractivity contribution in [3.8, 4) is 0 Å². The second kappa shape index (κ2) is 7.23. The molecule has 4 N–H and O–H groups in total. The number of carbonyl (C=O) groups excluding carboxylic acids is 1. The highest BCUT2D eigenvalue weighted by Gasteiger charge is 2.39. The predicted octanol–water partition coefficient (Wildman–Crippen LogP) is 1.90. The molecule has 0 aliphatic rings. The van der Waals surface area contributed by atoms with Crippen LogP contribution < -0.4 is 11.1 Å². The molecule has 0 aliphatic heterocycles. The molecule has 0 saturated carbocycles. The smallest absolute Gasteiger partial charge is 0.233 e. The fraction of sp³-hybridized carbons (Fsp3) is 0.615. The van der Waals surface area contributed by atoms with Crippen LogP contribution in [-0.4, -0.2) is 20.9 Å². The fourth-order valence-corrected chi connectivity index (χ4v) is 2.59. The minimum Gasteiger partial charge on any atom is -0.392 e. The monoisotopic (exact) mass is 282 g/mol. The molecule has 0 unspecified atom stereocenters. The van der Waals surface area contributed by atoms with E-state index in [9.17, 15) is 4.79 Å². The number of rotatable bonds is 8. The molecule has 1 aromatic heterocycles. The second-order valence-corrected chi connectivity index (χ2v) is 5.10. The van der Waals surface area contributed by atoms with Crippen LogP contribution in [0.1, 0.15) is 45.4 Å². The average molecular weight is 282 g/mol. The van der Waals surface area contributed by atoms with Crippen LogP contribution in [0.15, 0.2) is 12.4 Å². The number of amides is 1. The number of nitrogens with zero attached hydrogens (tertiary/aromatic N) is 1. The Balaban J connectivity index is 2.77. The van der Waals surface area contributed by atoms with E-state index in [0.717, 1.165) is 18.7 Å². The summed E-state index contributed by atoms with van der Waals surface area (Å²) in [6.07, 6.45) is 6.47. The number of carbonyl (C=O) groups is 1. The molecule has 0 aliphatic carbocycles. The summed E-state index contributed by atoms with van der Waals surface area (Å²) in [5, 5.41) is 2.88. The van der Waals surface area contributed by atoms with Gasteiger partial charge in [0.05, 0.1) is 16.9 Å². The Bertz CT molecular complexity index is 410. The lowest BCUT2D eigenvalue weighted by Crippen LogP contribution is -2.48. The Morgan fingerprint density at radius 1 is 1.47 bits per heavy atom. The lowest BCUT2D eigenvalue weighted by atomic mass is 9.78. The highest BCUT2D eigenvalue weighted by Crippen LogP contribution is 2.31. The summed E-state index contributed by atoms with van der Waals surface area (Å²) >= 11 is 5.14. The molecule has 1 heterocycles. The van der Waals surface area contributed by atoms with Crippen LogP contribution in [0.2, 0.25) is 0 Å². The first-order valence-corrected chi connectivity index (χ1v) is 7.04. The van der Waals surface area contributed by atoms with Gasteiger partial charge >= 0.3 is 0 Å². The molecule has 6 heteroatoms. The molecule has 0 radical (unpaired) electrons. The maximum absolute atomic E-state index is 12.5. The lowest BCUT2D eigenvalue weighted by molar-refractivity contribution is -0.128. The highest BCUT2D eigenvalue weighted by molar-refractivity contribution is 7.80. The zero-order chi connectivity index (χ0) is 14.3. The molecule has 0 aromatic carbocycles. The molecular weight excluding hydrogens is 260 g/mol. The lowest BCUT2D eigenvalue weighted by Gasteiger charge is -2.30. The Hall–Kier alpha value is -1.43. The van der Waals surface area contributed by atoms with Gasteiger partial charge in [-0.3, -0.25) is 4.79 Å². The highest BCUT2D eigenvalue weighted by atomic mass is 32.1. The van der Waals surface area contributed by atoms with Crippen molar-refractivity contribution >= 4 is 23.1 Å². The normalized spacial score (nSPS) is 11.3. The number of thiocarbonyl (C=S) groups is 1. The van der Waals surface area contributed by atoms with E-state index in [0.29, 0.717) is 19.4 Å². The predicted molar refractivity (Wildman–Crippen MR) is 79.5 cm³/mol. The Morgan fingerprint density at radius 2 is 2.11 bits per heavy atom. The number of aromatic nitrogens is 2. The quantitative estimate of drug-likeness (QED) is 0.636. The molecule has 0 bridgehead atoms. The standard InChI is InChI=1S/C13H22N4OS/c1-3-5-13(6-4-2,11(14)19)12(18)17-9-10-15-7-8-16-10/h7-8H,3-6,9H2,1-2H3,(H2,14,19)(H,15,16)(H,17,18). The van der Waals surface area contributed by atoms with E-state index in [1.807, 2.05) is 13.8 Å². The van der Waals surface area contributed by atoms with Crippen LogP contribution >= 0.6 is 12.2 Å². The van der Waals surface area contributed by atoms with Crippen molar-refractivity contribution in [1.82, 2.24) is 15.3 Å². The minimum atomic E-state index is -0.731. The number of hydrogen-bond acceptors (Lipinski definition) is 3. The van der Waals surface area contributed by atoms with Gasteiger partial charge in [0.2, 0.25) is 5.91 Å². The zero-order valence-corrected chi connectivity index (χ0v) is 12.3. The third-order valence-electron chi connectivity index (χ3n) is 3.23. The largest absolute Gasteiger partial charge is 0.392 e. The molecule has 19 heavy (non-hydrogen) atoms. The van der Waals surface area contributed by atoms with Gasteiger partial charge in [0, 0.05) is 12.4 Å². The van der Waals surface area contributed by atoms with E-state index in [1.54, 1.807) is 12.4 Å². The van der Waals surface area contributed by atoms with Gasteiger partial charge < -0.3 is 16.0 Å². The Labute approximate surface area is 119 Å². The molecule has 0 atom stereocenters. The van der Waals surface area contributed by atoms with Crippen LogP contribution in [0, 0.1) is 5.41 Å². The van der Waals surface area contributed by atoms with Crippen molar-refractivity contribution in [1.29, 1.82) is 0 Å². The van der Waals surface area contributed by atoms with Gasteiger partial charge in [0.25, 0.3) is 0 Å². The first kappa shape index (κ1) is 15.6. The van der Waals surface area contributed by atoms with Crippen molar-refractivity contribution in [3.05, 3.63) is 18.2 Å². The number of nitrogens with two attached hydrogens (primary N) is 1. The van der Waals surface area contributed by atoms with Crippen molar-refractivity contribution < 1.29 is 4.79 Å². The second-order valence-electron chi connectivity index (χ2n) is 4.66. The SMILES string of the molecule is CCCC(CCC)(C(=O)NCc1ncc[nH]1)C(N)=S. The van der Waals surface area contributed by atoms with Crippen LogP contribution in [0.3, 0.4) is 0 Å². The molecule has 0 saturated heterocycles. The van der Waals surface area contributed by atoms with Crippen molar-refractivity contribution in [2.24, 2.45) is 11.1 Å². The van der Waals surface area contributed by atoms with E-state index in [1.165, 1.54) is 0 Å². The Kier molecular flexibility index (Phi) is 5.95. The average Bonchev–Trinajstić information content (AvgIpc) is 2.88. The van der Waals surface area contributed by atoms with Gasteiger partial charge in [-0.05, 0) is 12.8 Å². The van der Waals surface area contributed by atoms with Crippen molar-refractivity contribution in [3.63, 3.8) is 0 Å². The molecule has 0 spiro atoms. The molecule has 106 valence electrons. The van der Waals surface area contributed by atoms with Crippen LogP contribution in [0.4, 0.5) is 0 Å². The summed E-state index contributed by atoms with van der Waals surface area (Å²) in [4.78, 5) is 19.8. The van der Waals surface area contributed by atoms with Gasteiger partial charge in [-0.1, -0.05) is 38.9 Å². The third kappa shape index (κ3) is 3.76. The Morgan fingerprint density at radius 3 is 2.53 bits per heavy atom. The first-order valence-electron chi connectivity index (χ1n) is 6.63. The van der Waals surface area contributed by atoms with Crippen LogP contribution in [-0.2, 0) is 11.3 Å². The maximum atomic E-state index is 12.5. The summed E-state index contributed by atoms with van der Waals surface area (Å²) in [7, 11) is 0. The summed E-state index contributed by atoms with van der Waals surface area (Å²) in [5.41, 5.74) is 5.11. The molecule has 5 nitrogen and oxygen atoms in total. The number of nitrogens with one attached hydrogen (secondary N) is 2. The van der Waals surface area contributed by atoms with Crippen molar-refractivity contribution in [2.45, 2.75) is 46.1 Å². The number of hydrogen-bond donors (Lipinski definition) is 3. The summed E-state index contributed by atoms with van der Waals surface area (Å²) < 4.78 is 0. The number of H-pyrrole nitrogens is 1. The third-order valence-corrected chi connectivity index (χ3v) is 3.62. The van der Waals surface area contributed by atoms with Gasteiger partial charge in [0.1, 0.15) is 5.82 Å². The van der Waals surface area contributed by atoms with E-state index in [4.69, 9.17) is 18.0 Å². The molecule has 0 fully saturated rings. The van der Waals surface area contributed by atoms with Gasteiger partial charge in [-0.25, -0.2) is 4.98 Å². The molecule has 1 amide bonds. The van der Waals surface area contributed by atoms with Crippen molar-refractivity contribution in [2.75, 3.05) is 0 Å². The first-order chi connectivity index (χ1) is 9.06. The molecule has 1 aromatic rings. The number of imidazole rings is 1. The van der Waals surface area contributed by atoms with E-state index in [2.05, 4.69) is 15.3 Å². The van der Waals surface area contributed by atoms with E-state index >= 15 is 0 Å². The van der Waals surface area contributed by atoms with Crippen LogP contribution in [0.5, 0.6) is 0 Å². The van der Waals surface area contributed by atoms with Crippen LogP contribution in [0.25, 0.3) is 0 Å². The fourth-order valence-electron chi connectivity index (χ4n) is 2.29. The van der Waals surface area contributed by atoms with Gasteiger partial charge in [-0.15, -0.1) is 0 Å². The summed E-state index contributed by atoms with van der Waals surface area (Å²) in [5.74, 6) is 0.623. The molecule has 1 rings (SSSR count). The van der Waals surface area contributed by atoms with Gasteiger partial charge in [0.15, 0.2) is 0 Å². The summed E-state index contributed by atoms with van der Waals surface area (Å²) in [6.45, 7) is 4.43. The van der Waals surface area contributed by atoms with Gasteiger partial charge in [-0.2, -0.15) is 0 Å².